The highest BCUT2D eigenvalue weighted by molar-refractivity contribution is 7.92. The number of alkyl halides is 3. The fraction of sp³-hybridized carbons (Fsp3) is 0.278. The zero-order valence-electron chi connectivity index (χ0n) is 27.0. The molecule has 0 fully saturated rings. The van der Waals surface area contributed by atoms with Crippen molar-refractivity contribution in [2.45, 2.75) is 63.3 Å². The van der Waals surface area contributed by atoms with Crippen molar-refractivity contribution in [2.75, 3.05) is 10.8 Å². The molecule has 0 aliphatic heterocycles. The fourth-order valence-corrected chi connectivity index (χ4v) is 6.76. The highest BCUT2D eigenvalue weighted by Crippen LogP contribution is 2.34. The normalized spacial score (nSPS) is 13.0. The number of aryl methyl sites for hydroxylation is 1. The Morgan fingerprint density at radius 2 is 1.53 bits per heavy atom. The van der Waals surface area contributed by atoms with Gasteiger partial charge in [-0.3, -0.25) is 13.9 Å². The molecule has 4 aromatic carbocycles. The standard InChI is InChI=1S/C36H36Cl2F3N3O4S/c1-4-25(3)42-35(46)33(20-26-9-6-5-7-10-26)43(22-27-15-18-31(37)32(38)19-27)34(45)23-44(29-12-8-11-28(21-29)36(39,40)41)49(47,48)30-16-13-24(2)14-17-30/h5-19,21,25,33H,4,20,22-23H2,1-3H3,(H,42,46)/t25-,33+/m1/s1. The largest absolute Gasteiger partial charge is 0.416 e. The van der Waals surface area contributed by atoms with Crippen LogP contribution in [0, 0.1) is 6.92 Å². The number of sulfonamides is 1. The van der Waals surface area contributed by atoms with E-state index in [1.165, 1.54) is 35.2 Å². The number of rotatable bonds is 13. The molecule has 0 aliphatic rings. The van der Waals surface area contributed by atoms with Crippen molar-refractivity contribution in [1.29, 1.82) is 0 Å². The van der Waals surface area contributed by atoms with Crippen LogP contribution < -0.4 is 9.62 Å². The van der Waals surface area contributed by atoms with Crippen LogP contribution in [0.4, 0.5) is 18.9 Å². The molecule has 0 spiro atoms. The Kier molecular flexibility index (Phi) is 12.4. The number of benzene rings is 4. The van der Waals surface area contributed by atoms with E-state index in [1.54, 1.807) is 55.5 Å². The van der Waals surface area contributed by atoms with Crippen LogP contribution in [0.2, 0.25) is 10.0 Å². The molecule has 0 aliphatic carbocycles. The summed E-state index contributed by atoms with van der Waals surface area (Å²) in [4.78, 5) is 29.5. The van der Waals surface area contributed by atoms with Crippen molar-refractivity contribution in [2.24, 2.45) is 0 Å². The predicted molar refractivity (Wildman–Crippen MR) is 186 cm³/mol. The lowest BCUT2D eigenvalue weighted by atomic mass is 10.0. The van der Waals surface area contributed by atoms with Gasteiger partial charge in [-0.2, -0.15) is 13.2 Å². The number of anilines is 1. The van der Waals surface area contributed by atoms with Crippen LogP contribution in [0.15, 0.2) is 102 Å². The maximum absolute atomic E-state index is 14.5. The molecule has 0 bridgehead atoms. The Bertz CT molecular complexity index is 1870. The summed E-state index contributed by atoms with van der Waals surface area (Å²) in [6.07, 6.45) is -4.12. The lowest BCUT2D eigenvalue weighted by Crippen LogP contribution is -2.54. The van der Waals surface area contributed by atoms with Gasteiger partial charge in [0.05, 0.1) is 26.2 Å². The first kappa shape index (κ1) is 37.8. The summed E-state index contributed by atoms with van der Waals surface area (Å²) in [7, 11) is -4.60. The van der Waals surface area contributed by atoms with Gasteiger partial charge in [0.25, 0.3) is 10.0 Å². The van der Waals surface area contributed by atoms with Gasteiger partial charge in [-0.25, -0.2) is 8.42 Å². The summed E-state index contributed by atoms with van der Waals surface area (Å²) in [5.74, 6) is -1.32. The lowest BCUT2D eigenvalue weighted by molar-refractivity contribution is -0.140. The van der Waals surface area contributed by atoms with Gasteiger partial charge >= 0.3 is 6.18 Å². The van der Waals surface area contributed by atoms with Crippen LogP contribution in [0.1, 0.15) is 42.5 Å². The molecule has 2 amide bonds. The Labute approximate surface area is 294 Å². The van der Waals surface area contributed by atoms with Crippen LogP contribution >= 0.6 is 23.2 Å². The first-order chi connectivity index (χ1) is 23.1. The molecule has 2 atom stereocenters. The minimum atomic E-state index is -4.78. The molecule has 4 aromatic rings. The second-order valence-electron chi connectivity index (χ2n) is 11.7. The number of carbonyl (C=O) groups excluding carboxylic acids is 2. The zero-order chi connectivity index (χ0) is 35.9. The number of nitrogens with one attached hydrogen (secondary N) is 1. The third-order valence-corrected chi connectivity index (χ3v) is 10.5. The first-order valence-corrected chi connectivity index (χ1v) is 17.6. The van der Waals surface area contributed by atoms with Crippen LogP contribution in [-0.2, 0) is 38.8 Å². The average Bonchev–Trinajstić information content (AvgIpc) is 3.06. The van der Waals surface area contributed by atoms with Crippen LogP contribution in [0.3, 0.4) is 0 Å². The summed E-state index contributed by atoms with van der Waals surface area (Å²) in [6, 6.07) is 21.7. The van der Waals surface area contributed by atoms with E-state index in [1.807, 2.05) is 13.8 Å². The molecule has 7 nitrogen and oxygen atoms in total. The van der Waals surface area contributed by atoms with Crippen molar-refractivity contribution >= 4 is 50.7 Å². The summed E-state index contributed by atoms with van der Waals surface area (Å²) in [5, 5.41) is 3.38. The molecule has 0 aromatic heterocycles. The molecule has 0 radical (unpaired) electrons. The maximum Gasteiger partial charge on any atom is 0.416 e. The Balaban J connectivity index is 1.86. The molecule has 260 valence electrons. The first-order valence-electron chi connectivity index (χ1n) is 15.4. The minimum absolute atomic E-state index is 0.0600. The maximum atomic E-state index is 14.5. The highest BCUT2D eigenvalue weighted by Gasteiger charge is 2.36. The number of halogens is 5. The number of carbonyl (C=O) groups is 2. The smallest absolute Gasteiger partial charge is 0.352 e. The molecular weight excluding hydrogens is 698 g/mol. The van der Waals surface area contributed by atoms with Gasteiger partial charge < -0.3 is 10.2 Å². The summed E-state index contributed by atoms with van der Waals surface area (Å²) < 4.78 is 70.4. The molecule has 13 heteroatoms. The average molecular weight is 735 g/mol. The second kappa shape index (κ2) is 16.1. The van der Waals surface area contributed by atoms with Crippen LogP contribution in [0.5, 0.6) is 0 Å². The van der Waals surface area contributed by atoms with E-state index in [9.17, 15) is 31.2 Å². The topological polar surface area (TPSA) is 86.8 Å². The van der Waals surface area contributed by atoms with Gasteiger partial charge in [-0.1, -0.05) is 90.3 Å². The second-order valence-corrected chi connectivity index (χ2v) is 14.3. The summed E-state index contributed by atoms with van der Waals surface area (Å²) in [5.41, 5.74) is 0.500. The highest BCUT2D eigenvalue weighted by atomic mass is 35.5. The third-order valence-electron chi connectivity index (χ3n) is 7.96. The van der Waals surface area contributed by atoms with E-state index in [0.717, 1.165) is 23.3 Å². The van der Waals surface area contributed by atoms with E-state index in [4.69, 9.17) is 23.2 Å². The quantitative estimate of drug-likeness (QED) is 0.151. The monoisotopic (exact) mass is 733 g/mol. The minimum Gasteiger partial charge on any atom is -0.352 e. The van der Waals surface area contributed by atoms with Gasteiger partial charge in [-0.05, 0) is 73.9 Å². The van der Waals surface area contributed by atoms with Crippen molar-refractivity contribution in [3.63, 3.8) is 0 Å². The Hall–Kier alpha value is -4.06. The Morgan fingerprint density at radius 1 is 0.857 bits per heavy atom. The van der Waals surface area contributed by atoms with Crippen molar-refractivity contribution < 1.29 is 31.2 Å². The van der Waals surface area contributed by atoms with Crippen LogP contribution in [0.25, 0.3) is 0 Å². The molecule has 0 saturated heterocycles. The van der Waals surface area contributed by atoms with Crippen LogP contribution in [-0.4, -0.2) is 43.8 Å². The van der Waals surface area contributed by atoms with E-state index < -0.39 is 46.2 Å². The van der Waals surface area contributed by atoms with Crippen molar-refractivity contribution in [1.82, 2.24) is 10.2 Å². The molecule has 0 saturated carbocycles. The predicted octanol–water partition coefficient (Wildman–Crippen LogP) is 8.07. The van der Waals surface area contributed by atoms with Gasteiger partial charge in [0.15, 0.2) is 0 Å². The van der Waals surface area contributed by atoms with Gasteiger partial charge in [0, 0.05) is 19.0 Å². The van der Waals surface area contributed by atoms with Gasteiger partial charge in [0.1, 0.15) is 12.6 Å². The van der Waals surface area contributed by atoms with Gasteiger partial charge in [0.2, 0.25) is 11.8 Å². The third kappa shape index (κ3) is 9.77. The number of amides is 2. The number of nitrogens with zero attached hydrogens (tertiary/aromatic N) is 2. The molecule has 1 N–H and O–H groups in total. The van der Waals surface area contributed by atoms with Crippen molar-refractivity contribution in [3.05, 3.63) is 129 Å². The van der Waals surface area contributed by atoms with Crippen molar-refractivity contribution in [3.8, 4) is 0 Å². The molecule has 4 rings (SSSR count). The van der Waals surface area contributed by atoms with E-state index in [-0.39, 0.29) is 39.6 Å². The lowest BCUT2D eigenvalue weighted by Gasteiger charge is -2.34. The fourth-order valence-electron chi connectivity index (χ4n) is 5.03. The molecule has 49 heavy (non-hydrogen) atoms. The molecule has 0 heterocycles. The molecular formula is C36H36Cl2F3N3O4S. The van der Waals surface area contributed by atoms with E-state index >= 15 is 0 Å². The number of hydrogen-bond donors (Lipinski definition) is 1. The zero-order valence-corrected chi connectivity index (χ0v) is 29.4. The SMILES string of the molecule is CC[C@@H](C)NC(=O)[C@H](Cc1ccccc1)N(Cc1ccc(Cl)c(Cl)c1)C(=O)CN(c1cccc(C(F)(F)F)c1)S(=O)(=O)c1ccc(C)cc1. The Morgan fingerprint density at radius 3 is 2.14 bits per heavy atom. The van der Waals surface area contributed by atoms with E-state index in [0.29, 0.717) is 22.4 Å². The summed E-state index contributed by atoms with van der Waals surface area (Å²) >= 11 is 12.4. The summed E-state index contributed by atoms with van der Waals surface area (Å²) in [6.45, 7) is 4.34. The van der Waals surface area contributed by atoms with E-state index in [2.05, 4.69) is 5.32 Å². The molecule has 0 unspecified atom stereocenters. The number of hydrogen-bond acceptors (Lipinski definition) is 4. The van der Waals surface area contributed by atoms with Gasteiger partial charge in [-0.15, -0.1) is 0 Å².